The number of fused-ring (bicyclic) bond motifs is 1. The number of nitrogens with zero attached hydrogens (tertiary/aromatic N) is 6. The van der Waals surface area contributed by atoms with E-state index >= 15 is 0 Å². The zero-order valence-corrected chi connectivity index (χ0v) is 13.4. The van der Waals surface area contributed by atoms with Gasteiger partial charge >= 0.3 is 0 Å². The van der Waals surface area contributed by atoms with Crippen molar-refractivity contribution in [2.24, 2.45) is 18.9 Å². The Kier molecular flexibility index (Phi) is 3.28. The molecule has 0 amide bonds. The minimum absolute atomic E-state index is 0.0708. The van der Waals surface area contributed by atoms with Crippen molar-refractivity contribution in [3.8, 4) is 0 Å². The lowest BCUT2D eigenvalue weighted by atomic mass is 10.0. The van der Waals surface area contributed by atoms with E-state index in [1.807, 2.05) is 12.3 Å². The van der Waals surface area contributed by atoms with E-state index in [-0.39, 0.29) is 5.56 Å². The first-order valence-corrected chi connectivity index (χ1v) is 7.92. The summed E-state index contributed by atoms with van der Waals surface area (Å²) < 4.78 is 1.40. The van der Waals surface area contributed by atoms with Crippen molar-refractivity contribution < 1.29 is 0 Å². The molecular formula is C16H20N6O. The fourth-order valence-corrected chi connectivity index (χ4v) is 3.74. The van der Waals surface area contributed by atoms with Crippen molar-refractivity contribution >= 4 is 11.6 Å². The van der Waals surface area contributed by atoms with Crippen molar-refractivity contribution in [3.05, 3.63) is 40.6 Å². The van der Waals surface area contributed by atoms with Crippen LogP contribution in [0.15, 0.2) is 29.5 Å². The van der Waals surface area contributed by atoms with E-state index in [1.54, 1.807) is 19.4 Å². The summed E-state index contributed by atoms with van der Waals surface area (Å²) in [7, 11) is 1.70. The Hall–Kier alpha value is -2.44. The summed E-state index contributed by atoms with van der Waals surface area (Å²) >= 11 is 0. The number of hydrogen-bond acceptors (Lipinski definition) is 6. The fourth-order valence-electron chi connectivity index (χ4n) is 3.74. The molecule has 2 atom stereocenters. The van der Waals surface area contributed by atoms with Crippen LogP contribution in [0.3, 0.4) is 0 Å². The Morgan fingerprint density at radius 3 is 2.43 bits per heavy atom. The number of aromatic nitrogens is 4. The van der Waals surface area contributed by atoms with Gasteiger partial charge in [0.2, 0.25) is 0 Å². The van der Waals surface area contributed by atoms with Gasteiger partial charge in [-0.25, -0.2) is 14.6 Å². The summed E-state index contributed by atoms with van der Waals surface area (Å²) in [6.45, 7) is 6.06. The maximum absolute atomic E-state index is 11.5. The molecule has 7 nitrogen and oxygen atoms in total. The molecule has 4 rings (SSSR count). The van der Waals surface area contributed by atoms with E-state index in [4.69, 9.17) is 0 Å². The number of anilines is 2. The highest BCUT2D eigenvalue weighted by molar-refractivity contribution is 5.47. The molecule has 2 aromatic heterocycles. The van der Waals surface area contributed by atoms with E-state index in [9.17, 15) is 4.79 Å². The van der Waals surface area contributed by atoms with Crippen molar-refractivity contribution in [3.63, 3.8) is 0 Å². The van der Waals surface area contributed by atoms with Crippen molar-refractivity contribution in [2.75, 3.05) is 36.0 Å². The third kappa shape index (κ3) is 2.46. The van der Waals surface area contributed by atoms with Crippen LogP contribution in [0.2, 0.25) is 0 Å². The molecule has 4 heterocycles. The Balaban J connectivity index is 1.49. The summed E-state index contributed by atoms with van der Waals surface area (Å²) in [5.41, 5.74) is 1.06. The highest BCUT2D eigenvalue weighted by Gasteiger charge is 2.41. The summed E-state index contributed by atoms with van der Waals surface area (Å²) in [6.07, 6.45) is 3.49. The van der Waals surface area contributed by atoms with Gasteiger partial charge in [-0.15, -0.1) is 0 Å². The summed E-state index contributed by atoms with van der Waals surface area (Å²) in [5, 5.41) is 4.37. The van der Waals surface area contributed by atoms with Crippen LogP contribution in [-0.2, 0) is 7.05 Å². The molecule has 0 bridgehead atoms. The molecule has 0 radical (unpaired) electrons. The van der Waals surface area contributed by atoms with Gasteiger partial charge in [0.1, 0.15) is 18.0 Å². The lowest BCUT2D eigenvalue weighted by Crippen LogP contribution is -2.31. The van der Waals surface area contributed by atoms with Crippen LogP contribution >= 0.6 is 0 Å². The van der Waals surface area contributed by atoms with Gasteiger partial charge in [0.15, 0.2) is 0 Å². The molecule has 0 aliphatic carbocycles. The van der Waals surface area contributed by atoms with E-state index < -0.39 is 0 Å². The van der Waals surface area contributed by atoms with Gasteiger partial charge < -0.3 is 9.80 Å². The second-order valence-corrected chi connectivity index (χ2v) is 6.51. The van der Waals surface area contributed by atoms with Gasteiger partial charge in [0.05, 0.1) is 0 Å². The minimum atomic E-state index is -0.0708. The van der Waals surface area contributed by atoms with Crippen LogP contribution in [0.1, 0.15) is 5.56 Å². The molecule has 2 aromatic rings. The second kappa shape index (κ2) is 5.33. The quantitative estimate of drug-likeness (QED) is 0.802. The van der Waals surface area contributed by atoms with Crippen LogP contribution in [0.25, 0.3) is 0 Å². The fraction of sp³-hybridized carbons (Fsp3) is 0.500. The lowest BCUT2D eigenvalue weighted by Gasteiger charge is -2.23. The Bertz CT molecular complexity index is 774. The van der Waals surface area contributed by atoms with E-state index in [0.29, 0.717) is 11.8 Å². The maximum Gasteiger partial charge on any atom is 0.266 e. The van der Waals surface area contributed by atoms with Crippen LogP contribution in [0, 0.1) is 18.8 Å². The van der Waals surface area contributed by atoms with Gasteiger partial charge in [0.25, 0.3) is 5.56 Å². The first-order chi connectivity index (χ1) is 11.1. The van der Waals surface area contributed by atoms with E-state index in [1.165, 1.54) is 4.68 Å². The average Bonchev–Trinajstić information content (AvgIpc) is 3.09. The van der Waals surface area contributed by atoms with Crippen LogP contribution in [0.5, 0.6) is 0 Å². The first kappa shape index (κ1) is 14.2. The van der Waals surface area contributed by atoms with Gasteiger partial charge in [-0.2, -0.15) is 5.10 Å². The van der Waals surface area contributed by atoms with Gasteiger partial charge in [0, 0.05) is 62.9 Å². The molecule has 2 aliphatic heterocycles. The van der Waals surface area contributed by atoms with Crippen LogP contribution in [0.4, 0.5) is 11.6 Å². The molecule has 2 fully saturated rings. The van der Waals surface area contributed by atoms with E-state index in [0.717, 1.165) is 43.4 Å². The standard InChI is InChI=1S/C16H20N6O/c1-11-5-17-10-18-16(11)22-8-12-6-21(7-13(12)9-22)14-3-4-15(23)20(2)19-14/h3-5,10,12-13H,6-9H2,1-2H3. The van der Waals surface area contributed by atoms with Crippen molar-refractivity contribution in [2.45, 2.75) is 6.92 Å². The number of aryl methyl sites for hydroxylation is 2. The first-order valence-electron chi connectivity index (χ1n) is 7.92. The molecular weight excluding hydrogens is 292 g/mol. The number of rotatable bonds is 2. The second-order valence-electron chi connectivity index (χ2n) is 6.51. The molecule has 7 heteroatoms. The average molecular weight is 312 g/mol. The normalized spacial score (nSPS) is 23.4. The van der Waals surface area contributed by atoms with Crippen molar-refractivity contribution in [1.29, 1.82) is 0 Å². The largest absolute Gasteiger partial charge is 0.356 e. The van der Waals surface area contributed by atoms with E-state index in [2.05, 4.69) is 31.8 Å². The van der Waals surface area contributed by atoms with Crippen LogP contribution in [-0.4, -0.2) is 45.9 Å². The molecule has 0 N–H and O–H groups in total. The SMILES string of the molecule is Cc1cncnc1N1CC2CN(c3ccc(=O)n(C)n3)CC2C1. The molecule has 0 aromatic carbocycles. The summed E-state index contributed by atoms with van der Waals surface area (Å²) in [5.74, 6) is 3.18. The van der Waals surface area contributed by atoms with Crippen molar-refractivity contribution in [1.82, 2.24) is 19.7 Å². The smallest absolute Gasteiger partial charge is 0.266 e. The Morgan fingerprint density at radius 2 is 1.78 bits per heavy atom. The number of hydrogen-bond donors (Lipinski definition) is 0. The molecule has 2 aliphatic rings. The zero-order valence-electron chi connectivity index (χ0n) is 13.4. The predicted molar refractivity (Wildman–Crippen MR) is 87.7 cm³/mol. The predicted octanol–water partition coefficient (Wildman–Crippen LogP) is 0.451. The third-order valence-electron chi connectivity index (χ3n) is 4.92. The topological polar surface area (TPSA) is 67.2 Å². The third-order valence-corrected chi connectivity index (χ3v) is 4.92. The maximum atomic E-state index is 11.5. The Labute approximate surface area is 134 Å². The molecule has 0 spiro atoms. The summed E-state index contributed by atoms with van der Waals surface area (Å²) in [6, 6.07) is 3.42. The highest BCUT2D eigenvalue weighted by Crippen LogP contribution is 2.35. The van der Waals surface area contributed by atoms with Gasteiger partial charge in [-0.1, -0.05) is 0 Å². The summed E-state index contributed by atoms with van der Waals surface area (Å²) in [4.78, 5) is 24.7. The molecule has 2 saturated heterocycles. The lowest BCUT2D eigenvalue weighted by molar-refractivity contribution is 0.533. The monoisotopic (exact) mass is 312 g/mol. The molecule has 2 unspecified atom stereocenters. The van der Waals surface area contributed by atoms with Gasteiger partial charge in [-0.05, 0) is 13.0 Å². The molecule has 120 valence electrons. The molecule has 23 heavy (non-hydrogen) atoms. The van der Waals surface area contributed by atoms with Crippen LogP contribution < -0.4 is 15.4 Å². The zero-order chi connectivity index (χ0) is 16.0. The highest BCUT2D eigenvalue weighted by atomic mass is 16.1. The Morgan fingerprint density at radius 1 is 1.09 bits per heavy atom. The minimum Gasteiger partial charge on any atom is -0.356 e. The molecule has 0 saturated carbocycles. The van der Waals surface area contributed by atoms with Gasteiger partial charge in [-0.3, -0.25) is 4.79 Å².